The summed E-state index contributed by atoms with van der Waals surface area (Å²) in [6, 6.07) is 5.97. The van der Waals surface area contributed by atoms with E-state index in [-0.39, 0.29) is 35.6 Å². The highest BCUT2D eigenvalue weighted by Gasteiger charge is 2.26. The van der Waals surface area contributed by atoms with Crippen LogP contribution in [0.3, 0.4) is 0 Å². The normalized spacial score (nSPS) is 16.0. The zero-order chi connectivity index (χ0) is 19.8. The van der Waals surface area contributed by atoms with E-state index in [1.54, 1.807) is 16.8 Å². The van der Waals surface area contributed by atoms with E-state index in [2.05, 4.69) is 10.3 Å². The third-order valence-corrected chi connectivity index (χ3v) is 5.31. The Morgan fingerprint density at radius 1 is 1.39 bits per heavy atom. The van der Waals surface area contributed by atoms with Crippen molar-refractivity contribution < 1.29 is 13.9 Å². The van der Waals surface area contributed by atoms with Crippen molar-refractivity contribution in [1.29, 1.82) is 0 Å². The number of aryl methyl sites for hydroxylation is 3. The maximum Gasteiger partial charge on any atom is 0.258 e. The number of ether oxygens (including phenoxy) is 1. The van der Waals surface area contributed by atoms with E-state index in [0.717, 1.165) is 47.1 Å². The van der Waals surface area contributed by atoms with E-state index < -0.39 is 0 Å². The number of hydrogen-bond donors (Lipinski definition) is 2. The van der Waals surface area contributed by atoms with Crippen LogP contribution >= 0.6 is 0 Å². The molecule has 2 aromatic heterocycles. The lowest BCUT2D eigenvalue weighted by atomic mass is 9.91. The van der Waals surface area contributed by atoms with Gasteiger partial charge < -0.3 is 19.6 Å². The number of hydrogen-bond acceptors (Lipinski definition) is 3. The van der Waals surface area contributed by atoms with Gasteiger partial charge in [0.05, 0.1) is 6.04 Å². The number of aromatic nitrogens is 2. The van der Waals surface area contributed by atoms with Crippen molar-refractivity contribution in [2.45, 2.75) is 32.2 Å². The topological polar surface area (TPSA) is 76.1 Å². The van der Waals surface area contributed by atoms with E-state index in [1.807, 2.05) is 14.0 Å². The summed E-state index contributed by atoms with van der Waals surface area (Å²) in [7, 11) is 1.81. The van der Waals surface area contributed by atoms with Gasteiger partial charge in [-0.1, -0.05) is 0 Å². The van der Waals surface area contributed by atoms with E-state index in [4.69, 9.17) is 4.74 Å². The lowest BCUT2D eigenvalue weighted by molar-refractivity contribution is -0.124. The molecule has 0 fully saturated rings. The van der Waals surface area contributed by atoms with Gasteiger partial charge in [-0.15, -0.1) is 0 Å². The molecule has 1 aromatic carbocycles. The molecular weight excluding hydrogens is 361 g/mol. The van der Waals surface area contributed by atoms with Crippen molar-refractivity contribution in [3.8, 4) is 5.75 Å². The lowest BCUT2D eigenvalue weighted by Crippen LogP contribution is -2.35. The van der Waals surface area contributed by atoms with Crippen molar-refractivity contribution in [2.24, 2.45) is 7.05 Å². The quantitative estimate of drug-likeness (QED) is 0.727. The van der Waals surface area contributed by atoms with Gasteiger partial charge in [0, 0.05) is 41.6 Å². The molecule has 28 heavy (non-hydrogen) atoms. The lowest BCUT2D eigenvalue weighted by Gasteiger charge is -2.23. The minimum atomic E-state index is -0.301. The summed E-state index contributed by atoms with van der Waals surface area (Å²) in [4.78, 5) is 27.7. The van der Waals surface area contributed by atoms with Crippen LogP contribution in [0, 0.1) is 12.7 Å². The molecule has 0 spiro atoms. The van der Waals surface area contributed by atoms with Crippen LogP contribution in [0.2, 0.25) is 0 Å². The Morgan fingerprint density at radius 2 is 2.21 bits per heavy atom. The average Bonchev–Trinajstić information content (AvgIpc) is 3.03. The van der Waals surface area contributed by atoms with Gasteiger partial charge >= 0.3 is 0 Å². The van der Waals surface area contributed by atoms with E-state index in [1.165, 1.54) is 18.2 Å². The molecule has 7 heteroatoms. The van der Waals surface area contributed by atoms with Gasteiger partial charge in [0.15, 0.2) is 12.4 Å². The smallest absolute Gasteiger partial charge is 0.258 e. The Morgan fingerprint density at radius 3 is 3.04 bits per heavy atom. The molecule has 3 aromatic rings. The summed E-state index contributed by atoms with van der Waals surface area (Å²) in [5.74, 6) is -0.424. The molecule has 0 saturated carbocycles. The molecular formula is C21H22FN3O3. The van der Waals surface area contributed by atoms with Gasteiger partial charge in [-0.3, -0.25) is 9.59 Å². The van der Waals surface area contributed by atoms with Gasteiger partial charge in [-0.25, -0.2) is 4.39 Å². The van der Waals surface area contributed by atoms with Crippen LogP contribution in [0.25, 0.3) is 10.9 Å². The van der Waals surface area contributed by atoms with Crippen LogP contribution in [-0.2, 0) is 18.3 Å². The number of H-pyrrole nitrogens is 1. The molecule has 0 radical (unpaired) electrons. The number of nitrogens with zero attached hydrogens (tertiary/aromatic N) is 1. The predicted molar refractivity (Wildman–Crippen MR) is 104 cm³/mol. The van der Waals surface area contributed by atoms with Crippen LogP contribution in [-0.4, -0.2) is 22.1 Å². The molecule has 0 unspecified atom stereocenters. The number of rotatable bonds is 4. The van der Waals surface area contributed by atoms with Crippen LogP contribution in [0.1, 0.15) is 35.8 Å². The first-order chi connectivity index (χ1) is 13.4. The summed E-state index contributed by atoms with van der Waals surface area (Å²) < 4.78 is 20.8. The second-order valence-corrected chi connectivity index (χ2v) is 7.26. The summed E-state index contributed by atoms with van der Waals surface area (Å²) in [5, 5.41) is 3.84. The molecule has 2 N–H and O–H groups in total. The van der Waals surface area contributed by atoms with Crippen LogP contribution in [0.4, 0.5) is 4.39 Å². The number of halogens is 1. The second-order valence-electron chi connectivity index (χ2n) is 7.26. The zero-order valence-electron chi connectivity index (χ0n) is 15.8. The van der Waals surface area contributed by atoms with Crippen molar-refractivity contribution in [3.63, 3.8) is 0 Å². The van der Waals surface area contributed by atoms with Gasteiger partial charge in [0.2, 0.25) is 5.43 Å². The minimum absolute atomic E-state index is 0.147. The van der Waals surface area contributed by atoms with Crippen LogP contribution in [0.5, 0.6) is 5.75 Å². The summed E-state index contributed by atoms with van der Waals surface area (Å²) in [6.07, 6.45) is 4.12. The predicted octanol–water partition coefficient (Wildman–Crippen LogP) is 2.89. The minimum Gasteiger partial charge on any atom is -0.478 e. The van der Waals surface area contributed by atoms with E-state index in [9.17, 15) is 14.0 Å². The molecule has 4 rings (SSSR count). The number of carbonyl (C=O) groups excluding carboxylic acids is 1. The summed E-state index contributed by atoms with van der Waals surface area (Å²) >= 11 is 0. The van der Waals surface area contributed by atoms with Crippen molar-refractivity contribution in [2.75, 3.05) is 6.61 Å². The molecule has 0 bridgehead atoms. The molecule has 1 aliphatic carbocycles. The molecule has 1 amide bonds. The number of aromatic amines is 1. The second kappa shape index (κ2) is 7.14. The van der Waals surface area contributed by atoms with Crippen molar-refractivity contribution in [3.05, 3.63) is 63.5 Å². The Kier molecular flexibility index (Phi) is 4.66. The third kappa shape index (κ3) is 3.40. The van der Waals surface area contributed by atoms with Gasteiger partial charge in [0.1, 0.15) is 5.82 Å². The first kappa shape index (κ1) is 18.3. The molecule has 1 atom stereocenters. The van der Waals surface area contributed by atoms with E-state index in [0.29, 0.717) is 0 Å². The molecule has 146 valence electrons. The highest BCUT2D eigenvalue weighted by Crippen LogP contribution is 2.34. The number of nitrogens with one attached hydrogen (secondary N) is 2. The van der Waals surface area contributed by atoms with Crippen LogP contribution in [0.15, 0.2) is 35.3 Å². The first-order valence-electron chi connectivity index (χ1n) is 9.32. The molecule has 1 aliphatic rings. The number of benzene rings is 1. The van der Waals surface area contributed by atoms with Crippen LogP contribution < -0.4 is 15.5 Å². The monoisotopic (exact) mass is 383 g/mol. The van der Waals surface area contributed by atoms with E-state index >= 15 is 0 Å². The Labute approximate surface area is 161 Å². The highest BCUT2D eigenvalue weighted by atomic mass is 19.1. The molecule has 0 saturated heterocycles. The first-order valence-corrected chi connectivity index (χ1v) is 9.32. The number of amides is 1. The fraction of sp³-hybridized carbons (Fsp3) is 0.333. The number of carbonyl (C=O) groups is 1. The zero-order valence-corrected chi connectivity index (χ0v) is 15.8. The number of fused-ring (bicyclic) bond motifs is 3. The fourth-order valence-electron chi connectivity index (χ4n) is 3.77. The highest BCUT2D eigenvalue weighted by molar-refractivity contribution is 5.86. The molecule has 0 aliphatic heterocycles. The summed E-state index contributed by atoms with van der Waals surface area (Å²) in [5.41, 5.74) is 3.41. The number of pyridine rings is 1. The fourth-order valence-corrected chi connectivity index (χ4v) is 3.77. The maximum absolute atomic E-state index is 13.6. The summed E-state index contributed by atoms with van der Waals surface area (Å²) in [6.45, 7) is 1.59. The van der Waals surface area contributed by atoms with Gasteiger partial charge in [0.25, 0.3) is 5.91 Å². The standard InChI is InChI=1S/C21H22FN3O3/c1-12-8-18(26)19(10-25(12)2)28-11-20(27)23-17-5-3-4-14-15-9-13(22)6-7-16(15)24-21(14)17/h6-10,17,24H,3-5,11H2,1-2H3,(H,23,27)/t17-/m0/s1. The largest absolute Gasteiger partial charge is 0.478 e. The van der Waals surface area contributed by atoms with Gasteiger partial charge in [-0.05, 0) is 49.9 Å². The Bertz CT molecular complexity index is 1120. The Balaban J connectivity index is 1.48. The molecule has 2 heterocycles. The third-order valence-electron chi connectivity index (χ3n) is 5.31. The van der Waals surface area contributed by atoms with Gasteiger partial charge in [-0.2, -0.15) is 0 Å². The Hall–Kier alpha value is -3.09. The van der Waals surface area contributed by atoms with Crippen molar-refractivity contribution in [1.82, 2.24) is 14.9 Å². The SMILES string of the molecule is Cc1cc(=O)c(OCC(=O)N[C@H]2CCCc3c2[nH]c2ccc(F)cc32)cn1C. The molecule has 6 nitrogen and oxygen atoms in total. The van der Waals surface area contributed by atoms with Crippen molar-refractivity contribution >= 4 is 16.8 Å². The average molecular weight is 383 g/mol. The maximum atomic E-state index is 13.6.